The normalized spacial score (nSPS) is 21.9. The zero-order valence-electron chi connectivity index (χ0n) is 8.62. The highest BCUT2D eigenvalue weighted by Gasteiger charge is 2.38. The first-order chi connectivity index (χ1) is 7.59. The van der Waals surface area contributed by atoms with Crippen LogP contribution in [0.2, 0.25) is 0 Å². The summed E-state index contributed by atoms with van der Waals surface area (Å²) in [5.41, 5.74) is 5.14. The summed E-state index contributed by atoms with van der Waals surface area (Å²) in [6, 6.07) is 0. The summed E-state index contributed by atoms with van der Waals surface area (Å²) >= 11 is 0. The molecule has 0 saturated carbocycles. The molecule has 7 nitrogen and oxygen atoms in total. The monoisotopic (exact) mass is 225 g/mol. The van der Waals surface area contributed by atoms with Gasteiger partial charge in [0.05, 0.1) is 12.5 Å². The van der Waals surface area contributed by atoms with Crippen LogP contribution >= 0.6 is 0 Å². The molecule has 0 aromatic carbocycles. The van der Waals surface area contributed by atoms with E-state index in [4.69, 9.17) is 14.9 Å². The van der Waals surface area contributed by atoms with E-state index in [9.17, 15) is 9.59 Å². The summed E-state index contributed by atoms with van der Waals surface area (Å²) in [4.78, 5) is 27.6. The van der Waals surface area contributed by atoms with Crippen molar-refractivity contribution in [2.24, 2.45) is 11.7 Å². The number of carbonyl (C=O) groups excluding carboxylic acids is 2. The predicted octanol–water partition coefficient (Wildman–Crippen LogP) is 0.121. The topological polar surface area (TPSA) is 98.7 Å². The molecule has 86 valence electrons. The van der Waals surface area contributed by atoms with Crippen LogP contribution in [-0.4, -0.2) is 29.6 Å². The molecule has 1 unspecified atom stereocenters. The van der Waals surface area contributed by atoms with E-state index in [1.807, 2.05) is 0 Å². The van der Waals surface area contributed by atoms with Gasteiger partial charge in [-0.05, 0) is 6.92 Å². The second-order valence-corrected chi connectivity index (χ2v) is 3.57. The van der Waals surface area contributed by atoms with Gasteiger partial charge in [0.1, 0.15) is 12.4 Å². The van der Waals surface area contributed by atoms with E-state index in [2.05, 4.69) is 4.98 Å². The summed E-state index contributed by atoms with van der Waals surface area (Å²) in [6.07, 6.45) is 1.46. The molecule has 0 bridgehead atoms. The van der Waals surface area contributed by atoms with Gasteiger partial charge in [-0.3, -0.25) is 9.69 Å². The number of carbonyl (C=O) groups is 2. The number of cyclic esters (lactones) is 1. The van der Waals surface area contributed by atoms with Crippen molar-refractivity contribution in [3.8, 4) is 0 Å². The van der Waals surface area contributed by atoms with Gasteiger partial charge in [0.25, 0.3) is 0 Å². The zero-order chi connectivity index (χ0) is 11.7. The minimum Gasteiger partial charge on any atom is -0.449 e. The van der Waals surface area contributed by atoms with Gasteiger partial charge in [-0.2, -0.15) is 4.98 Å². The molecule has 0 aliphatic carbocycles. The highest BCUT2D eigenvalue weighted by atomic mass is 16.6. The van der Waals surface area contributed by atoms with E-state index in [0.717, 1.165) is 0 Å². The van der Waals surface area contributed by atoms with Crippen molar-refractivity contribution in [2.45, 2.75) is 13.0 Å². The van der Waals surface area contributed by atoms with E-state index in [0.29, 0.717) is 5.82 Å². The number of hydrogen-bond donors (Lipinski definition) is 1. The molecule has 1 aliphatic heterocycles. The average Bonchev–Trinajstić information content (AvgIpc) is 2.84. The lowest BCUT2D eigenvalue weighted by Gasteiger charge is -2.13. The lowest BCUT2D eigenvalue weighted by molar-refractivity contribution is -0.123. The largest absolute Gasteiger partial charge is 0.449 e. The minimum absolute atomic E-state index is 0.246. The quantitative estimate of drug-likeness (QED) is 0.787. The molecule has 1 saturated heterocycles. The van der Waals surface area contributed by atoms with Crippen molar-refractivity contribution in [3.63, 3.8) is 0 Å². The van der Waals surface area contributed by atoms with Gasteiger partial charge in [0, 0.05) is 0 Å². The fourth-order valence-electron chi connectivity index (χ4n) is 1.45. The average molecular weight is 225 g/mol. The lowest BCUT2D eigenvalue weighted by Crippen LogP contribution is -2.34. The molecule has 16 heavy (non-hydrogen) atoms. The SMILES string of the molecule is C[C@H](C(N)=O)C1CN(c2cocn2)C(=O)O1. The summed E-state index contributed by atoms with van der Waals surface area (Å²) in [7, 11) is 0. The Morgan fingerprint density at radius 1 is 1.75 bits per heavy atom. The van der Waals surface area contributed by atoms with Crippen LogP contribution in [-0.2, 0) is 9.53 Å². The van der Waals surface area contributed by atoms with E-state index in [-0.39, 0.29) is 6.54 Å². The van der Waals surface area contributed by atoms with E-state index < -0.39 is 24.0 Å². The molecule has 1 aromatic rings. The Morgan fingerprint density at radius 3 is 3.06 bits per heavy atom. The number of rotatable bonds is 3. The van der Waals surface area contributed by atoms with Gasteiger partial charge in [-0.25, -0.2) is 4.79 Å². The number of ether oxygens (including phenoxy) is 1. The molecule has 2 heterocycles. The number of oxazole rings is 1. The number of primary amides is 1. The van der Waals surface area contributed by atoms with Crippen molar-refractivity contribution < 1.29 is 18.7 Å². The van der Waals surface area contributed by atoms with Crippen LogP contribution in [0, 0.1) is 5.92 Å². The Hall–Kier alpha value is -2.05. The standard InChI is InChI=1S/C9H11N3O4/c1-5(8(10)13)6-2-12(9(14)16-6)7-3-15-4-11-7/h3-6H,2H2,1H3,(H2,10,13)/t5-,6?/m0/s1. The van der Waals surface area contributed by atoms with Crippen molar-refractivity contribution in [1.29, 1.82) is 0 Å². The molecule has 2 amide bonds. The third-order valence-corrected chi connectivity index (χ3v) is 2.54. The molecule has 0 radical (unpaired) electrons. The minimum atomic E-state index is -0.549. The highest BCUT2D eigenvalue weighted by molar-refractivity contribution is 5.89. The van der Waals surface area contributed by atoms with Gasteiger partial charge in [0.15, 0.2) is 12.2 Å². The van der Waals surface area contributed by atoms with Crippen LogP contribution in [0.1, 0.15) is 6.92 Å². The smallest absolute Gasteiger partial charge is 0.416 e. The van der Waals surface area contributed by atoms with Crippen molar-refractivity contribution >= 4 is 17.8 Å². The molecule has 1 fully saturated rings. The van der Waals surface area contributed by atoms with Gasteiger partial charge < -0.3 is 14.9 Å². The Labute approximate surface area is 91.2 Å². The number of hydrogen-bond acceptors (Lipinski definition) is 5. The Balaban J connectivity index is 2.11. The van der Waals surface area contributed by atoms with Crippen LogP contribution in [0.15, 0.2) is 17.1 Å². The summed E-state index contributed by atoms with van der Waals surface area (Å²) in [5.74, 6) is -0.662. The molecule has 2 rings (SSSR count). The first-order valence-corrected chi connectivity index (χ1v) is 4.75. The molecule has 0 spiro atoms. The first-order valence-electron chi connectivity index (χ1n) is 4.75. The third kappa shape index (κ3) is 1.71. The number of nitrogens with two attached hydrogens (primary N) is 1. The predicted molar refractivity (Wildman–Crippen MR) is 52.5 cm³/mol. The van der Waals surface area contributed by atoms with Crippen molar-refractivity contribution in [3.05, 3.63) is 12.7 Å². The molecule has 7 heteroatoms. The van der Waals surface area contributed by atoms with Crippen molar-refractivity contribution in [1.82, 2.24) is 4.98 Å². The van der Waals surface area contributed by atoms with E-state index >= 15 is 0 Å². The van der Waals surface area contributed by atoms with Gasteiger partial charge >= 0.3 is 6.09 Å². The van der Waals surface area contributed by atoms with E-state index in [1.54, 1.807) is 6.92 Å². The Bertz CT molecular complexity index is 403. The third-order valence-electron chi connectivity index (χ3n) is 2.54. The maximum Gasteiger partial charge on any atom is 0.416 e. The van der Waals surface area contributed by atoms with Gasteiger partial charge in [-0.15, -0.1) is 0 Å². The fourth-order valence-corrected chi connectivity index (χ4v) is 1.45. The van der Waals surface area contributed by atoms with Crippen LogP contribution in [0.25, 0.3) is 0 Å². The second-order valence-electron chi connectivity index (χ2n) is 3.57. The van der Waals surface area contributed by atoms with Crippen molar-refractivity contribution in [2.75, 3.05) is 11.4 Å². The maximum absolute atomic E-state index is 11.5. The molecule has 2 N–H and O–H groups in total. The molecule has 1 aliphatic rings. The molecular weight excluding hydrogens is 214 g/mol. The molecule has 1 aromatic heterocycles. The van der Waals surface area contributed by atoms with Gasteiger partial charge in [0.2, 0.25) is 5.91 Å². The maximum atomic E-state index is 11.5. The Kier molecular flexibility index (Phi) is 2.51. The first kappa shape index (κ1) is 10.5. The summed E-state index contributed by atoms with van der Waals surface area (Å²) in [5, 5.41) is 0. The number of anilines is 1. The molecular formula is C9H11N3O4. The summed E-state index contributed by atoms with van der Waals surface area (Å²) in [6.45, 7) is 1.86. The van der Waals surface area contributed by atoms with Crippen LogP contribution in [0.4, 0.5) is 10.6 Å². The Morgan fingerprint density at radius 2 is 2.50 bits per heavy atom. The summed E-state index contributed by atoms with van der Waals surface area (Å²) < 4.78 is 9.79. The van der Waals surface area contributed by atoms with Crippen LogP contribution in [0.3, 0.4) is 0 Å². The second kappa shape index (κ2) is 3.84. The van der Waals surface area contributed by atoms with Crippen LogP contribution < -0.4 is 10.6 Å². The van der Waals surface area contributed by atoms with E-state index in [1.165, 1.54) is 17.6 Å². The van der Waals surface area contributed by atoms with Gasteiger partial charge in [-0.1, -0.05) is 0 Å². The number of nitrogens with zero attached hydrogens (tertiary/aromatic N) is 2. The highest BCUT2D eigenvalue weighted by Crippen LogP contribution is 2.23. The molecule has 2 atom stereocenters. The zero-order valence-corrected chi connectivity index (χ0v) is 8.62. The number of amides is 2. The fraction of sp³-hybridized carbons (Fsp3) is 0.444. The lowest BCUT2D eigenvalue weighted by atomic mass is 10.0. The van der Waals surface area contributed by atoms with Crippen LogP contribution in [0.5, 0.6) is 0 Å². The number of aromatic nitrogens is 1.